The second-order valence-electron chi connectivity index (χ2n) is 6.30. The van der Waals surface area contributed by atoms with Crippen molar-refractivity contribution < 1.29 is 32.4 Å². The first-order valence-electron chi connectivity index (χ1n) is 8.85. The van der Waals surface area contributed by atoms with Gasteiger partial charge in [-0.15, -0.1) is 11.3 Å². The van der Waals surface area contributed by atoms with E-state index >= 15 is 0 Å². The van der Waals surface area contributed by atoms with Crippen LogP contribution in [0.3, 0.4) is 0 Å². The number of thiazole rings is 1. The fourth-order valence-electron chi connectivity index (χ4n) is 2.63. The van der Waals surface area contributed by atoms with Gasteiger partial charge in [0.15, 0.2) is 22.4 Å². The zero-order chi connectivity index (χ0) is 24.3. The van der Waals surface area contributed by atoms with Crippen LogP contribution in [0.4, 0.5) is 15.7 Å². The molecule has 0 unspecified atom stereocenters. The molecule has 5 N–H and O–H groups in total. The average molecular weight is 519 g/mol. The topological polar surface area (TPSA) is 207 Å². The van der Waals surface area contributed by atoms with Crippen molar-refractivity contribution in [2.75, 3.05) is 31.2 Å². The highest BCUT2D eigenvalue weighted by Crippen LogP contribution is 2.31. The summed E-state index contributed by atoms with van der Waals surface area (Å²) in [5.74, 6) is -1.52. The molecule has 0 aromatic carbocycles. The maximum absolute atomic E-state index is 12.5. The van der Waals surface area contributed by atoms with Crippen LogP contribution in [0.2, 0.25) is 0 Å². The summed E-state index contributed by atoms with van der Waals surface area (Å²) in [5, 5.41) is 7.64. The van der Waals surface area contributed by atoms with E-state index in [0.717, 1.165) is 22.9 Å². The molecule has 33 heavy (non-hydrogen) atoms. The van der Waals surface area contributed by atoms with Gasteiger partial charge in [0.05, 0.1) is 18.5 Å². The molecule has 0 aliphatic carbocycles. The Labute approximate surface area is 195 Å². The van der Waals surface area contributed by atoms with E-state index in [1.165, 1.54) is 19.6 Å². The molecule has 0 spiro atoms. The van der Waals surface area contributed by atoms with Crippen molar-refractivity contribution in [3.05, 3.63) is 16.0 Å². The lowest BCUT2D eigenvalue weighted by molar-refractivity contribution is -0.141. The molecule has 178 valence electrons. The summed E-state index contributed by atoms with van der Waals surface area (Å²) >= 11 is 2.08. The van der Waals surface area contributed by atoms with E-state index in [9.17, 15) is 22.8 Å². The van der Waals surface area contributed by atoms with E-state index in [4.69, 9.17) is 10.5 Å². The quantitative estimate of drug-likeness (QED) is 0.195. The molecule has 0 bridgehead atoms. The van der Waals surface area contributed by atoms with Gasteiger partial charge in [-0.1, -0.05) is 5.16 Å². The Morgan fingerprint density at radius 3 is 2.67 bits per heavy atom. The van der Waals surface area contributed by atoms with E-state index in [1.807, 2.05) is 0 Å². The summed E-state index contributed by atoms with van der Waals surface area (Å²) in [4.78, 5) is 46.8. The minimum atomic E-state index is -4.41. The Bertz CT molecular complexity index is 1220. The third kappa shape index (κ3) is 5.29. The molecule has 2 aromatic heterocycles. The molecule has 4 amide bonds. The molecule has 2 aromatic rings. The monoisotopic (exact) mass is 518 g/mol. The van der Waals surface area contributed by atoms with Gasteiger partial charge in [-0.25, -0.2) is 19.2 Å². The van der Waals surface area contributed by atoms with Gasteiger partial charge in [0.25, 0.3) is 11.8 Å². The van der Waals surface area contributed by atoms with Gasteiger partial charge in [0.1, 0.15) is 18.8 Å². The highest BCUT2D eigenvalue weighted by Gasteiger charge is 2.43. The number of nitrogens with one attached hydrogen (secondary N) is 3. The summed E-state index contributed by atoms with van der Waals surface area (Å²) in [6, 6.07) is -2.29. The third-order valence-corrected chi connectivity index (χ3v) is 6.42. The lowest BCUT2D eigenvalue weighted by Crippen LogP contribution is -2.68. The zero-order valence-electron chi connectivity index (χ0n) is 17.3. The Balaban J connectivity index is 1.59. The van der Waals surface area contributed by atoms with Crippen LogP contribution in [0.5, 0.6) is 5.75 Å². The number of hydrogen-bond donors (Lipinski definition) is 4. The first kappa shape index (κ1) is 24.1. The summed E-state index contributed by atoms with van der Waals surface area (Å²) in [6.07, 6.45) is 0. The SMILES string of the molecule is CO/N=C(\C(=O)N[C@H]1CN(C(=O)NS(=O)(=O)Nc2nsc(C)c2OC)C1=O)c1csc(N)n1. The number of amides is 4. The molecule has 1 aliphatic rings. The first-order chi connectivity index (χ1) is 15.6. The highest BCUT2D eigenvalue weighted by atomic mass is 32.2. The molecule has 0 saturated carbocycles. The molecule has 1 fully saturated rings. The van der Waals surface area contributed by atoms with Crippen molar-refractivity contribution in [3.8, 4) is 5.75 Å². The van der Waals surface area contributed by atoms with Gasteiger partial charge in [0.2, 0.25) is 0 Å². The van der Waals surface area contributed by atoms with Gasteiger partial charge >= 0.3 is 16.2 Å². The van der Waals surface area contributed by atoms with Crippen LogP contribution in [-0.2, 0) is 24.6 Å². The highest BCUT2D eigenvalue weighted by molar-refractivity contribution is 7.91. The van der Waals surface area contributed by atoms with Gasteiger partial charge < -0.3 is 20.6 Å². The van der Waals surface area contributed by atoms with Crippen molar-refractivity contribution in [3.63, 3.8) is 0 Å². The number of oxime groups is 1. The fourth-order valence-corrected chi connectivity index (χ4v) is 4.64. The van der Waals surface area contributed by atoms with Crippen molar-refractivity contribution in [1.82, 2.24) is 24.3 Å². The van der Waals surface area contributed by atoms with E-state index in [2.05, 4.69) is 29.4 Å². The van der Waals surface area contributed by atoms with Gasteiger partial charge in [0, 0.05) is 5.38 Å². The number of carbonyl (C=O) groups excluding carboxylic acids is 3. The minimum Gasteiger partial charge on any atom is -0.492 e. The smallest absolute Gasteiger partial charge is 0.339 e. The molecular weight excluding hydrogens is 500 g/mol. The molecule has 3 rings (SSSR count). The largest absolute Gasteiger partial charge is 0.492 e. The van der Waals surface area contributed by atoms with Gasteiger partial charge in [-0.05, 0) is 18.5 Å². The summed E-state index contributed by atoms with van der Waals surface area (Å²) in [7, 11) is -1.85. The lowest BCUT2D eigenvalue weighted by Gasteiger charge is -2.36. The van der Waals surface area contributed by atoms with Crippen LogP contribution in [-0.4, -0.2) is 73.0 Å². The maximum Gasteiger partial charge on any atom is 0.339 e. The van der Waals surface area contributed by atoms with Crippen LogP contribution in [0.1, 0.15) is 10.6 Å². The minimum absolute atomic E-state index is 0.104. The predicted octanol–water partition coefficient (Wildman–Crippen LogP) is -0.757. The first-order valence-corrected chi connectivity index (χ1v) is 12.0. The van der Waals surface area contributed by atoms with Crippen molar-refractivity contribution in [2.24, 2.45) is 5.16 Å². The molecule has 1 aliphatic heterocycles. The average Bonchev–Trinajstić information content (AvgIpc) is 3.32. The summed E-state index contributed by atoms with van der Waals surface area (Å²) in [5.41, 5.74) is 5.47. The zero-order valence-corrected chi connectivity index (χ0v) is 19.8. The van der Waals surface area contributed by atoms with Gasteiger partial charge in [-0.3, -0.25) is 14.5 Å². The standard InChI is InChI=1S/C15H18N8O7S3/c1-6-10(29-2)11(20-32-6)21-33(27,28)22-15(26)23-4-7(13(23)25)17-12(24)9(19-30-3)8-5-31-14(16)18-8/h5,7H,4H2,1-3H3,(H2,16,18)(H,17,24)(H,20,21)(H,22,26)/b19-9-/t7-/m0/s1. The number of ether oxygens (including phenoxy) is 1. The lowest BCUT2D eigenvalue weighted by atomic mass is 10.1. The number of imide groups is 1. The van der Waals surface area contributed by atoms with Crippen LogP contribution in [0.25, 0.3) is 0 Å². The number of nitrogens with zero attached hydrogens (tertiary/aromatic N) is 4. The van der Waals surface area contributed by atoms with Gasteiger partial charge in [-0.2, -0.15) is 12.8 Å². The van der Waals surface area contributed by atoms with Crippen molar-refractivity contribution in [1.29, 1.82) is 0 Å². The number of methoxy groups -OCH3 is 1. The number of urea groups is 1. The number of aromatic nitrogens is 2. The molecule has 1 atom stereocenters. The molecule has 1 saturated heterocycles. The van der Waals surface area contributed by atoms with Crippen LogP contribution in [0, 0.1) is 6.92 Å². The number of β-lactam (4-membered cyclic amide) rings is 1. The number of nitrogens with two attached hydrogens (primary N) is 1. The third-order valence-electron chi connectivity index (χ3n) is 4.11. The number of hydrogen-bond acceptors (Lipinski definition) is 13. The van der Waals surface area contributed by atoms with E-state index < -0.39 is 34.1 Å². The Kier molecular flexibility index (Phi) is 6.98. The Morgan fingerprint density at radius 1 is 1.36 bits per heavy atom. The van der Waals surface area contributed by atoms with E-state index in [-0.39, 0.29) is 34.6 Å². The normalized spacial score (nSPS) is 16.1. The maximum atomic E-state index is 12.5. The van der Waals surface area contributed by atoms with E-state index in [0.29, 0.717) is 9.78 Å². The molecule has 0 radical (unpaired) electrons. The van der Waals surface area contributed by atoms with Crippen LogP contribution in [0.15, 0.2) is 10.5 Å². The molecule has 15 nitrogen and oxygen atoms in total. The Morgan fingerprint density at radius 2 is 2.09 bits per heavy atom. The number of aryl methyl sites for hydroxylation is 1. The number of anilines is 2. The van der Waals surface area contributed by atoms with E-state index in [1.54, 1.807) is 11.6 Å². The summed E-state index contributed by atoms with van der Waals surface area (Å²) < 4.78 is 37.2. The second kappa shape index (κ2) is 9.55. The Hall–Kier alpha value is -3.51. The summed E-state index contributed by atoms with van der Waals surface area (Å²) in [6.45, 7) is 1.40. The number of nitrogen functional groups attached to an aromatic ring is 1. The van der Waals surface area contributed by atoms with Crippen molar-refractivity contribution >= 4 is 67.6 Å². The fraction of sp³-hybridized carbons (Fsp3) is 0.333. The second-order valence-corrected chi connectivity index (χ2v) is 9.58. The number of carbonyl (C=O) groups is 3. The number of rotatable bonds is 8. The van der Waals surface area contributed by atoms with Crippen molar-refractivity contribution in [2.45, 2.75) is 13.0 Å². The predicted molar refractivity (Wildman–Crippen MR) is 118 cm³/mol. The van der Waals surface area contributed by atoms with Crippen LogP contribution < -0.4 is 25.2 Å². The molecule has 18 heteroatoms. The molecular formula is C15H18N8O7S3. The molecule has 3 heterocycles. The number of likely N-dealkylation sites (tertiary alicyclic amines) is 1. The van der Waals surface area contributed by atoms with Crippen LogP contribution >= 0.6 is 22.9 Å².